The van der Waals surface area contributed by atoms with E-state index < -0.39 is 5.67 Å². The summed E-state index contributed by atoms with van der Waals surface area (Å²) in [6, 6.07) is 6.11. The van der Waals surface area contributed by atoms with Crippen molar-refractivity contribution in [2.45, 2.75) is 44.2 Å². The molecule has 2 nitrogen and oxygen atoms in total. The Labute approximate surface area is 107 Å². The SMILES string of the molecule is COc1ccc(C2CCC(F)(C=O)CC2)cc1C. The lowest BCUT2D eigenvalue weighted by Crippen LogP contribution is -2.30. The van der Waals surface area contributed by atoms with Crippen molar-refractivity contribution >= 4 is 6.29 Å². The highest BCUT2D eigenvalue weighted by atomic mass is 19.1. The molecule has 0 amide bonds. The zero-order chi connectivity index (χ0) is 13.2. The summed E-state index contributed by atoms with van der Waals surface area (Å²) in [5, 5.41) is 0. The van der Waals surface area contributed by atoms with E-state index in [1.807, 2.05) is 19.1 Å². The van der Waals surface area contributed by atoms with E-state index in [1.54, 1.807) is 7.11 Å². The van der Waals surface area contributed by atoms with Crippen molar-refractivity contribution in [2.75, 3.05) is 7.11 Å². The number of rotatable bonds is 3. The van der Waals surface area contributed by atoms with E-state index in [4.69, 9.17) is 4.74 Å². The van der Waals surface area contributed by atoms with Crippen molar-refractivity contribution in [3.05, 3.63) is 29.3 Å². The fourth-order valence-electron chi connectivity index (χ4n) is 2.70. The van der Waals surface area contributed by atoms with Gasteiger partial charge in [-0.15, -0.1) is 0 Å². The number of benzene rings is 1. The van der Waals surface area contributed by atoms with Crippen LogP contribution in [0.4, 0.5) is 4.39 Å². The van der Waals surface area contributed by atoms with Crippen LogP contribution in [0.1, 0.15) is 42.7 Å². The molecule has 0 atom stereocenters. The molecule has 1 aromatic rings. The van der Waals surface area contributed by atoms with E-state index in [-0.39, 0.29) is 0 Å². The number of aldehydes is 1. The molecule has 0 N–H and O–H groups in total. The second kappa shape index (κ2) is 5.09. The van der Waals surface area contributed by atoms with Crippen molar-refractivity contribution in [1.82, 2.24) is 0 Å². The molecular weight excluding hydrogens is 231 g/mol. The zero-order valence-corrected chi connectivity index (χ0v) is 10.9. The third-order valence-electron chi connectivity index (χ3n) is 3.92. The summed E-state index contributed by atoms with van der Waals surface area (Å²) < 4.78 is 19.0. The molecular formula is C15H19FO2. The molecule has 0 heterocycles. The van der Waals surface area contributed by atoms with Gasteiger partial charge in [0, 0.05) is 0 Å². The van der Waals surface area contributed by atoms with E-state index in [2.05, 4.69) is 6.07 Å². The number of carbonyl (C=O) groups excluding carboxylic acids is 1. The van der Waals surface area contributed by atoms with E-state index in [0.29, 0.717) is 25.0 Å². The first-order valence-corrected chi connectivity index (χ1v) is 6.38. The first-order chi connectivity index (χ1) is 8.58. The van der Waals surface area contributed by atoms with Crippen LogP contribution in [0.25, 0.3) is 0 Å². The molecule has 2 rings (SSSR count). The third-order valence-corrected chi connectivity index (χ3v) is 3.92. The molecule has 0 aromatic heterocycles. The van der Waals surface area contributed by atoms with Crippen molar-refractivity contribution in [3.63, 3.8) is 0 Å². The molecule has 1 saturated carbocycles. The number of methoxy groups -OCH3 is 1. The van der Waals surface area contributed by atoms with Crippen LogP contribution in [0.3, 0.4) is 0 Å². The summed E-state index contributed by atoms with van der Waals surface area (Å²) >= 11 is 0. The van der Waals surface area contributed by atoms with Gasteiger partial charge < -0.3 is 4.74 Å². The second-order valence-corrected chi connectivity index (χ2v) is 5.16. The molecule has 1 aliphatic rings. The molecule has 1 aromatic carbocycles. The van der Waals surface area contributed by atoms with Crippen LogP contribution >= 0.6 is 0 Å². The third kappa shape index (κ3) is 2.55. The molecule has 0 saturated heterocycles. The van der Waals surface area contributed by atoms with Crippen LogP contribution in [0.15, 0.2) is 18.2 Å². The van der Waals surface area contributed by atoms with E-state index >= 15 is 0 Å². The van der Waals surface area contributed by atoms with Gasteiger partial charge in [0.1, 0.15) is 5.75 Å². The van der Waals surface area contributed by atoms with Crippen molar-refractivity contribution in [2.24, 2.45) is 0 Å². The van der Waals surface area contributed by atoms with Gasteiger partial charge in [0.05, 0.1) is 7.11 Å². The van der Waals surface area contributed by atoms with Gasteiger partial charge in [0.15, 0.2) is 12.0 Å². The van der Waals surface area contributed by atoms with Gasteiger partial charge in [-0.3, -0.25) is 4.79 Å². The quantitative estimate of drug-likeness (QED) is 0.767. The summed E-state index contributed by atoms with van der Waals surface area (Å²) in [5.41, 5.74) is 0.738. The molecule has 1 fully saturated rings. The van der Waals surface area contributed by atoms with Gasteiger partial charge in [-0.1, -0.05) is 12.1 Å². The highest BCUT2D eigenvalue weighted by Gasteiger charge is 2.35. The van der Waals surface area contributed by atoms with E-state index in [0.717, 1.165) is 24.2 Å². The average Bonchev–Trinajstić information content (AvgIpc) is 2.39. The Morgan fingerprint density at radius 2 is 2.06 bits per heavy atom. The fourth-order valence-corrected chi connectivity index (χ4v) is 2.70. The van der Waals surface area contributed by atoms with Crippen LogP contribution in [0, 0.1) is 6.92 Å². The first kappa shape index (κ1) is 13.1. The van der Waals surface area contributed by atoms with Gasteiger partial charge in [-0.2, -0.15) is 0 Å². The Bertz CT molecular complexity index is 434. The molecule has 1 aliphatic carbocycles. The number of alkyl halides is 1. The van der Waals surface area contributed by atoms with Crippen molar-refractivity contribution in [1.29, 1.82) is 0 Å². The molecule has 0 unspecified atom stereocenters. The number of hydrogen-bond donors (Lipinski definition) is 0. The zero-order valence-electron chi connectivity index (χ0n) is 10.9. The van der Waals surface area contributed by atoms with Crippen LogP contribution in [-0.4, -0.2) is 19.1 Å². The maximum Gasteiger partial charge on any atom is 0.165 e. The smallest absolute Gasteiger partial charge is 0.165 e. The van der Waals surface area contributed by atoms with E-state index in [9.17, 15) is 9.18 Å². The van der Waals surface area contributed by atoms with Gasteiger partial charge >= 0.3 is 0 Å². The minimum absolute atomic E-state index is 0.340. The normalized spacial score (nSPS) is 27.8. The number of halogens is 1. The fraction of sp³-hybridized carbons (Fsp3) is 0.533. The largest absolute Gasteiger partial charge is 0.496 e. The molecule has 98 valence electrons. The lowest BCUT2D eigenvalue weighted by molar-refractivity contribution is -0.119. The van der Waals surface area contributed by atoms with Crippen molar-refractivity contribution < 1.29 is 13.9 Å². The Morgan fingerprint density at radius 3 is 2.56 bits per heavy atom. The Hall–Kier alpha value is -1.38. The highest BCUT2D eigenvalue weighted by Crippen LogP contribution is 2.39. The predicted molar refractivity (Wildman–Crippen MR) is 68.8 cm³/mol. The Morgan fingerprint density at radius 1 is 1.39 bits per heavy atom. The lowest BCUT2D eigenvalue weighted by atomic mass is 9.77. The second-order valence-electron chi connectivity index (χ2n) is 5.16. The maximum absolute atomic E-state index is 13.8. The topological polar surface area (TPSA) is 26.3 Å². The van der Waals surface area contributed by atoms with Crippen LogP contribution in [-0.2, 0) is 4.79 Å². The summed E-state index contributed by atoms with van der Waals surface area (Å²) in [7, 11) is 1.66. The van der Waals surface area contributed by atoms with Gasteiger partial charge in [-0.05, 0) is 55.7 Å². The molecule has 0 aliphatic heterocycles. The molecule has 3 heteroatoms. The monoisotopic (exact) mass is 250 g/mol. The Kier molecular flexibility index (Phi) is 3.69. The number of carbonyl (C=O) groups is 1. The molecule has 0 bridgehead atoms. The average molecular weight is 250 g/mol. The van der Waals surface area contributed by atoms with Gasteiger partial charge in [0.2, 0.25) is 0 Å². The lowest BCUT2D eigenvalue weighted by Gasteiger charge is -2.30. The number of hydrogen-bond acceptors (Lipinski definition) is 2. The summed E-state index contributed by atoms with van der Waals surface area (Å²) in [6.45, 7) is 2.01. The van der Waals surface area contributed by atoms with Gasteiger partial charge in [0.25, 0.3) is 0 Å². The maximum atomic E-state index is 13.8. The predicted octanol–water partition coefficient (Wildman–Crippen LogP) is 3.57. The van der Waals surface area contributed by atoms with Crippen LogP contribution in [0.5, 0.6) is 5.75 Å². The number of aryl methyl sites for hydroxylation is 1. The summed E-state index contributed by atoms with van der Waals surface area (Å²) in [5.74, 6) is 1.24. The van der Waals surface area contributed by atoms with E-state index in [1.165, 1.54) is 5.56 Å². The highest BCUT2D eigenvalue weighted by molar-refractivity contribution is 5.62. The minimum Gasteiger partial charge on any atom is -0.496 e. The summed E-state index contributed by atoms with van der Waals surface area (Å²) in [4.78, 5) is 10.7. The molecule has 0 spiro atoms. The van der Waals surface area contributed by atoms with Gasteiger partial charge in [-0.25, -0.2) is 4.39 Å². The number of ether oxygens (including phenoxy) is 1. The van der Waals surface area contributed by atoms with Crippen molar-refractivity contribution in [3.8, 4) is 5.75 Å². The van der Waals surface area contributed by atoms with Crippen LogP contribution < -0.4 is 4.74 Å². The summed E-state index contributed by atoms with van der Waals surface area (Å²) in [6.07, 6.45) is 2.63. The first-order valence-electron chi connectivity index (χ1n) is 6.38. The Balaban J connectivity index is 2.10. The molecule has 18 heavy (non-hydrogen) atoms. The standard InChI is InChI=1S/C15H19FO2/c1-11-9-13(3-4-14(11)18-2)12-5-7-15(16,10-17)8-6-12/h3-4,9-10,12H,5-8H2,1-2H3. The minimum atomic E-state index is -1.59. The van der Waals surface area contributed by atoms with Crippen LogP contribution in [0.2, 0.25) is 0 Å². The molecule has 0 radical (unpaired) electrons.